The summed E-state index contributed by atoms with van der Waals surface area (Å²) in [5.74, 6) is 0.377. The average Bonchev–Trinajstić information content (AvgIpc) is 2.74. The van der Waals surface area contributed by atoms with E-state index in [1.165, 1.54) is 12.1 Å². The van der Waals surface area contributed by atoms with Crippen LogP contribution >= 0.6 is 15.9 Å². The highest BCUT2D eigenvalue weighted by Gasteiger charge is 2.14. The number of halogens is 2. The molecule has 0 fully saturated rings. The standard InChI is InChI=1S/C13H14BrFN2O/c1-8(2)16-6-9-7-17-18-13(9)11-4-3-10(15)5-12(11)14/h3-5,7-8,16H,6H2,1-2H3. The Hall–Kier alpha value is -1.20. The molecule has 0 saturated heterocycles. The lowest BCUT2D eigenvalue weighted by Gasteiger charge is -2.08. The molecule has 0 aliphatic rings. The Kier molecular flexibility index (Phi) is 4.14. The third-order valence-corrected chi connectivity index (χ3v) is 3.18. The van der Waals surface area contributed by atoms with Crippen LogP contribution in [0.5, 0.6) is 0 Å². The Bertz CT molecular complexity index is 540. The normalized spacial score (nSPS) is 11.2. The molecule has 0 aliphatic heterocycles. The number of hydrogen-bond acceptors (Lipinski definition) is 3. The van der Waals surface area contributed by atoms with E-state index in [1.807, 2.05) is 0 Å². The van der Waals surface area contributed by atoms with Crippen molar-refractivity contribution in [1.29, 1.82) is 0 Å². The van der Waals surface area contributed by atoms with Crippen LogP contribution in [0.25, 0.3) is 11.3 Å². The number of rotatable bonds is 4. The summed E-state index contributed by atoms with van der Waals surface area (Å²) in [6, 6.07) is 4.88. The number of aromatic nitrogens is 1. The van der Waals surface area contributed by atoms with Crippen LogP contribution in [0.3, 0.4) is 0 Å². The first-order valence-corrected chi connectivity index (χ1v) is 6.49. The number of nitrogens with zero attached hydrogens (tertiary/aromatic N) is 1. The van der Waals surface area contributed by atoms with Crippen LogP contribution in [0.4, 0.5) is 4.39 Å². The minimum absolute atomic E-state index is 0.285. The van der Waals surface area contributed by atoms with Crippen molar-refractivity contribution in [3.63, 3.8) is 0 Å². The maximum Gasteiger partial charge on any atom is 0.172 e. The zero-order chi connectivity index (χ0) is 13.1. The lowest BCUT2D eigenvalue weighted by atomic mass is 10.1. The molecule has 2 aromatic rings. The molecule has 3 nitrogen and oxygen atoms in total. The SMILES string of the molecule is CC(C)NCc1cnoc1-c1ccc(F)cc1Br. The molecule has 0 amide bonds. The van der Waals surface area contributed by atoms with E-state index in [0.717, 1.165) is 11.1 Å². The third kappa shape index (κ3) is 2.97. The van der Waals surface area contributed by atoms with Crippen molar-refractivity contribution in [3.05, 3.63) is 40.2 Å². The fourth-order valence-corrected chi connectivity index (χ4v) is 2.13. The Morgan fingerprint density at radius 3 is 2.89 bits per heavy atom. The molecule has 0 aliphatic carbocycles. The Morgan fingerprint density at radius 2 is 2.22 bits per heavy atom. The maximum absolute atomic E-state index is 13.1. The molecule has 1 aromatic carbocycles. The van der Waals surface area contributed by atoms with E-state index in [4.69, 9.17) is 4.52 Å². The molecule has 18 heavy (non-hydrogen) atoms. The Morgan fingerprint density at radius 1 is 1.44 bits per heavy atom. The summed E-state index contributed by atoms with van der Waals surface area (Å²) in [7, 11) is 0. The summed E-state index contributed by atoms with van der Waals surface area (Å²) in [5, 5.41) is 7.11. The predicted octanol–water partition coefficient (Wildman–Crippen LogP) is 3.74. The van der Waals surface area contributed by atoms with E-state index >= 15 is 0 Å². The molecular weight excluding hydrogens is 299 g/mol. The van der Waals surface area contributed by atoms with Gasteiger partial charge in [-0.05, 0) is 34.1 Å². The largest absolute Gasteiger partial charge is 0.356 e. The van der Waals surface area contributed by atoms with Crippen LogP contribution in [0.1, 0.15) is 19.4 Å². The van der Waals surface area contributed by atoms with Crippen molar-refractivity contribution >= 4 is 15.9 Å². The monoisotopic (exact) mass is 312 g/mol. The van der Waals surface area contributed by atoms with Crippen molar-refractivity contribution in [2.45, 2.75) is 26.4 Å². The molecular formula is C13H14BrFN2O. The summed E-state index contributed by atoms with van der Waals surface area (Å²) in [4.78, 5) is 0. The van der Waals surface area contributed by atoms with Gasteiger partial charge in [0.05, 0.1) is 6.20 Å². The zero-order valence-corrected chi connectivity index (χ0v) is 11.8. The smallest absolute Gasteiger partial charge is 0.172 e. The molecule has 5 heteroatoms. The van der Waals surface area contributed by atoms with Gasteiger partial charge in [0.25, 0.3) is 0 Å². The summed E-state index contributed by atoms with van der Waals surface area (Å²) in [6.45, 7) is 4.81. The highest BCUT2D eigenvalue weighted by Crippen LogP contribution is 2.31. The van der Waals surface area contributed by atoms with Crippen LogP contribution in [0, 0.1) is 5.82 Å². The second-order valence-electron chi connectivity index (χ2n) is 4.34. The number of hydrogen-bond donors (Lipinski definition) is 1. The van der Waals surface area contributed by atoms with Gasteiger partial charge in [0.15, 0.2) is 5.76 Å². The van der Waals surface area contributed by atoms with Gasteiger partial charge in [0.2, 0.25) is 0 Å². The van der Waals surface area contributed by atoms with Crippen molar-refractivity contribution in [1.82, 2.24) is 10.5 Å². The lowest BCUT2D eigenvalue weighted by molar-refractivity contribution is 0.431. The topological polar surface area (TPSA) is 38.1 Å². The van der Waals surface area contributed by atoms with Gasteiger partial charge in [-0.1, -0.05) is 19.0 Å². The second-order valence-corrected chi connectivity index (χ2v) is 5.19. The first kappa shape index (κ1) is 13.2. The van der Waals surface area contributed by atoms with E-state index in [2.05, 4.69) is 40.3 Å². The van der Waals surface area contributed by atoms with Gasteiger partial charge in [-0.2, -0.15) is 0 Å². The van der Waals surface area contributed by atoms with E-state index in [0.29, 0.717) is 22.8 Å². The molecule has 0 unspecified atom stereocenters. The Balaban J connectivity index is 2.30. The van der Waals surface area contributed by atoms with Crippen molar-refractivity contribution in [3.8, 4) is 11.3 Å². The van der Waals surface area contributed by atoms with Crippen LogP contribution in [0.15, 0.2) is 33.4 Å². The minimum atomic E-state index is -0.285. The first-order chi connectivity index (χ1) is 8.58. The summed E-state index contributed by atoms with van der Waals surface area (Å²) in [5.41, 5.74) is 1.76. The minimum Gasteiger partial charge on any atom is -0.356 e. The van der Waals surface area contributed by atoms with Gasteiger partial charge in [-0.3, -0.25) is 0 Å². The molecule has 1 heterocycles. The fraction of sp³-hybridized carbons (Fsp3) is 0.308. The molecule has 0 bridgehead atoms. The highest BCUT2D eigenvalue weighted by molar-refractivity contribution is 9.10. The van der Waals surface area contributed by atoms with Crippen LogP contribution in [-0.4, -0.2) is 11.2 Å². The Labute approximate surface area is 113 Å². The molecule has 1 N–H and O–H groups in total. The van der Waals surface area contributed by atoms with Gasteiger partial charge in [0.1, 0.15) is 5.82 Å². The van der Waals surface area contributed by atoms with Crippen LogP contribution in [-0.2, 0) is 6.54 Å². The highest BCUT2D eigenvalue weighted by atomic mass is 79.9. The van der Waals surface area contributed by atoms with Crippen molar-refractivity contribution in [2.75, 3.05) is 0 Å². The summed E-state index contributed by atoms with van der Waals surface area (Å²) < 4.78 is 19.0. The molecule has 1 aromatic heterocycles. The number of nitrogens with one attached hydrogen (secondary N) is 1. The molecule has 0 spiro atoms. The molecule has 0 atom stereocenters. The molecule has 96 valence electrons. The van der Waals surface area contributed by atoms with Gasteiger partial charge >= 0.3 is 0 Å². The maximum atomic E-state index is 13.1. The summed E-state index contributed by atoms with van der Waals surface area (Å²) in [6.07, 6.45) is 1.68. The first-order valence-electron chi connectivity index (χ1n) is 5.70. The molecule has 2 rings (SSSR count). The van der Waals surface area contributed by atoms with E-state index < -0.39 is 0 Å². The van der Waals surface area contributed by atoms with E-state index in [1.54, 1.807) is 12.3 Å². The van der Waals surface area contributed by atoms with E-state index in [9.17, 15) is 4.39 Å². The van der Waals surface area contributed by atoms with Gasteiger partial charge in [-0.15, -0.1) is 0 Å². The van der Waals surface area contributed by atoms with Crippen LogP contribution in [0.2, 0.25) is 0 Å². The molecule has 0 saturated carbocycles. The summed E-state index contributed by atoms with van der Waals surface area (Å²) >= 11 is 3.33. The van der Waals surface area contributed by atoms with Gasteiger partial charge in [0, 0.05) is 28.2 Å². The van der Waals surface area contributed by atoms with Crippen molar-refractivity contribution in [2.24, 2.45) is 0 Å². The second kappa shape index (κ2) is 5.63. The fourth-order valence-electron chi connectivity index (χ4n) is 1.60. The van der Waals surface area contributed by atoms with E-state index in [-0.39, 0.29) is 5.82 Å². The lowest BCUT2D eigenvalue weighted by Crippen LogP contribution is -2.21. The van der Waals surface area contributed by atoms with Crippen LogP contribution < -0.4 is 5.32 Å². The third-order valence-electron chi connectivity index (χ3n) is 2.52. The molecule has 0 radical (unpaired) electrons. The quantitative estimate of drug-likeness (QED) is 0.934. The number of benzene rings is 1. The average molecular weight is 313 g/mol. The zero-order valence-electron chi connectivity index (χ0n) is 10.2. The van der Waals surface area contributed by atoms with Gasteiger partial charge < -0.3 is 9.84 Å². The van der Waals surface area contributed by atoms with Crippen molar-refractivity contribution < 1.29 is 8.91 Å². The van der Waals surface area contributed by atoms with Gasteiger partial charge in [-0.25, -0.2) is 4.39 Å². The predicted molar refractivity (Wildman–Crippen MR) is 71.6 cm³/mol.